The third kappa shape index (κ3) is 5.32. The van der Waals surface area contributed by atoms with Crippen molar-refractivity contribution in [3.63, 3.8) is 0 Å². The Kier molecular flexibility index (Phi) is 6.90. The first-order chi connectivity index (χ1) is 13.1. The van der Waals surface area contributed by atoms with Crippen molar-refractivity contribution >= 4 is 34.7 Å². The second-order valence-corrected chi connectivity index (χ2v) is 8.33. The lowest BCUT2D eigenvalue weighted by Gasteiger charge is -2.20. The van der Waals surface area contributed by atoms with Crippen LogP contribution in [-0.4, -0.2) is 48.1 Å². The SMILES string of the molecule is CCNC(=NCCc1sc(C)nc1C)NC1CCN(c2ncccc2Cl)C1. The maximum atomic E-state index is 6.28. The van der Waals surface area contributed by atoms with Crippen LogP contribution < -0.4 is 15.5 Å². The first-order valence-electron chi connectivity index (χ1n) is 9.40. The van der Waals surface area contributed by atoms with Gasteiger partial charge in [0.1, 0.15) is 5.82 Å². The second-order valence-electron chi connectivity index (χ2n) is 6.64. The molecule has 27 heavy (non-hydrogen) atoms. The van der Waals surface area contributed by atoms with E-state index in [4.69, 9.17) is 16.6 Å². The third-order valence-corrected chi connectivity index (χ3v) is 5.95. The van der Waals surface area contributed by atoms with Crippen molar-refractivity contribution in [3.8, 4) is 0 Å². The van der Waals surface area contributed by atoms with Crippen LogP contribution in [-0.2, 0) is 6.42 Å². The van der Waals surface area contributed by atoms with Gasteiger partial charge in [0.2, 0.25) is 0 Å². The molecule has 0 bridgehead atoms. The normalized spacial score (nSPS) is 17.4. The minimum absolute atomic E-state index is 0.327. The Bertz CT molecular complexity index is 790. The molecule has 2 N–H and O–H groups in total. The number of thiazole rings is 1. The number of anilines is 1. The standard InChI is InChI=1S/C19H27ClN6S/c1-4-21-19(23-10-7-17-13(2)24-14(3)27-17)25-15-8-11-26(12-15)18-16(20)6-5-9-22-18/h5-6,9,15H,4,7-8,10-12H2,1-3H3,(H2,21,23,25). The molecule has 146 valence electrons. The smallest absolute Gasteiger partial charge is 0.191 e. The summed E-state index contributed by atoms with van der Waals surface area (Å²) in [5, 5.41) is 8.73. The van der Waals surface area contributed by atoms with Crippen LogP contribution in [0.5, 0.6) is 0 Å². The zero-order chi connectivity index (χ0) is 19.2. The third-order valence-electron chi connectivity index (χ3n) is 4.52. The Morgan fingerprint density at radius 3 is 3.00 bits per heavy atom. The Balaban J connectivity index is 1.56. The van der Waals surface area contributed by atoms with Crippen molar-refractivity contribution < 1.29 is 0 Å². The lowest BCUT2D eigenvalue weighted by atomic mass is 10.3. The van der Waals surface area contributed by atoms with Gasteiger partial charge in [-0.05, 0) is 39.3 Å². The summed E-state index contributed by atoms with van der Waals surface area (Å²) in [4.78, 5) is 17.2. The summed E-state index contributed by atoms with van der Waals surface area (Å²) in [6.45, 7) is 9.61. The molecule has 3 heterocycles. The van der Waals surface area contributed by atoms with Gasteiger partial charge in [-0.15, -0.1) is 11.3 Å². The monoisotopic (exact) mass is 406 g/mol. The van der Waals surface area contributed by atoms with Crippen LogP contribution in [0.25, 0.3) is 0 Å². The molecule has 1 aliphatic rings. The number of aromatic nitrogens is 2. The molecule has 3 rings (SSSR count). The Morgan fingerprint density at radius 1 is 1.44 bits per heavy atom. The molecule has 0 aromatic carbocycles. The average molecular weight is 407 g/mol. The van der Waals surface area contributed by atoms with E-state index in [1.807, 2.05) is 12.1 Å². The fourth-order valence-corrected chi connectivity index (χ4v) is 4.44. The van der Waals surface area contributed by atoms with Crippen molar-refractivity contribution in [3.05, 3.63) is 38.9 Å². The molecule has 1 aliphatic heterocycles. The topological polar surface area (TPSA) is 65.4 Å². The van der Waals surface area contributed by atoms with E-state index in [2.05, 4.69) is 46.3 Å². The number of hydrogen-bond acceptors (Lipinski definition) is 5. The van der Waals surface area contributed by atoms with Gasteiger partial charge in [-0.3, -0.25) is 4.99 Å². The van der Waals surface area contributed by atoms with Crippen molar-refractivity contribution in [2.75, 3.05) is 31.1 Å². The molecule has 1 atom stereocenters. The van der Waals surface area contributed by atoms with Gasteiger partial charge in [0.15, 0.2) is 5.96 Å². The number of pyridine rings is 1. The van der Waals surface area contributed by atoms with Crippen LogP contribution >= 0.6 is 22.9 Å². The molecule has 0 aliphatic carbocycles. The number of aliphatic imine (C=N–C) groups is 1. The molecule has 1 fully saturated rings. The summed E-state index contributed by atoms with van der Waals surface area (Å²) in [6.07, 6.45) is 3.75. The number of nitrogens with zero attached hydrogens (tertiary/aromatic N) is 4. The quantitative estimate of drug-likeness (QED) is 0.569. The molecule has 2 aromatic heterocycles. The molecule has 0 saturated carbocycles. The van der Waals surface area contributed by atoms with E-state index in [1.165, 1.54) is 4.88 Å². The lowest BCUT2D eigenvalue weighted by molar-refractivity contribution is 0.649. The van der Waals surface area contributed by atoms with Crippen LogP contribution in [0.3, 0.4) is 0 Å². The number of halogens is 1. The van der Waals surface area contributed by atoms with E-state index in [0.29, 0.717) is 11.1 Å². The largest absolute Gasteiger partial charge is 0.357 e. The fourth-order valence-electron chi connectivity index (χ4n) is 3.27. The minimum atomic E-state index is 0.327. The highest BCUT2D eigenvalue weighted by molar-refractivity contribution is 7.11. The summed E-state index contributed by atoms with van der Waals surface area (Å²) in [6, 6.07) is 4.08. The van der Waals surface area contributed by atoms with Gasteiger partial charge in [-0.1, -0.05) is 11.6 Å². The molecule has 0 amide bonds. The van der Waals surface area contributed by atoms with Crippen LogP contribution in [0, 0.1) is 13.8 Å². The van der Waals surface area contributed by atoms with E-state index in [9.17, 15) is 0 Å². The number of nitrogens with one attached hydrogen (secondary N) is 2. The first-order valence-corrected chi connectivity index (χ1v) is 10.6. The molecule has 0 radical (unpaired) electrons. The van der Waals surface area contributed by atoms with E-state index >= 15 is 0 Å². The molecular formula is C19H27ClN6S. The van der Waals surface area contributed by atoms with Gasteiger partial charge in [-0.2, -0.15) is 0 Å². The predicted molar refractivity (Wildman–Crippen MR) is 114 cm³/mol. The highest BCUT2D eigenvalue weighted by atomic mass is 35.5. The van der Waals surface area contributed by atoms with Gasteiger partial charge >= 0.3 is 0 Å². The summed E-state index contributed by atoms with van der Waals surface area (Å²) >= 11 is 8.05. The van der Waals surface area contributed by atoms with Gasteiger partial charge in [0, 0.05) is 49.7 Å². The van der Waals surface area contributed by atoms with Crippen LogP contribution in [0.1, 0.15) is 28.9 Å². The Labute approximate surface area is 170 Å². The van der Waals surface area contributed by atoms with E-state index in [1.54, 1.807) is 17.5 Å². The summed E-state index contributed by atoms with van der Waals surface area (Å²) in [5.41, 5.74) is 1.13. The number of guanidine groups is 1. The molecule has 2 aromatic rings. The van der Waals surface area contributed by atoms with Crippen molar-refractivity contribution in [1.82, 2.24) is 20.6 Å². The highest BCUT2D eigenvalue weighted by Gasteiger charge is 2.25. The summed E-state index contributed by atoms with van der Waals surface area (Å²) in [7, 11) is 0. The Morgan fingerprint density at radius 2 is 2.30 bits per heavy atom. The van der Waals surface area contributed by atoms with Gasteiger partial charge in [0.25, 0.3) is 0 Å². The zero-order valence-corrected chi connectivity index (χ0v) is 17.7. The number of rotatable bonds is 6. The van der Waals surface area contributed by atoms with Crippen LogP contribution in [0.2, 0.25) is 5.02 Å². The van der Waals surface area contributed by atoms with Crippen molar-refractivity contribution in [1.29, 1.82) is 0 Å². The predicted octanol–water partition coefficient (Wildman–Crippen LogP) is 3.18. The minimum Gasteiger partial charge on any atom is -0.357 e. The maximum Gasteiger partial charge on any atom is 0.191 e. The maximum absolute atomic E-state index is 6.28. The molecule has 8 heteroatoms. The molecule has 1 saturated heterocycles. The van der Waals surface area contributed by atoms with E-state index < -0.39 is 0 Å². The zero-order valence-electron chi connectivity index (χ0n) is 16.1. The second kappa shape index (κ2) is 9.37. The van der Waals surface area contributed by atoms with Gasteiger partial charge < -0.3 is 15.5 Å². The summed E-state index contributed by atoms with van der Waals surface area (Å²) < 4.78 is 0. The highest BCUT2D eigenvalue weighted by Crippen LogP contribution is 2.25. The first kappa shape index (κ1) is 19.9. The van der Waals surface area contributed by atoms with Crippen molar-refractivity contribution in [2.24, 2.45) is 4.99 Å². The molecular weight excluding hydrogens is 380 g/mol. The van der Waals surface area contributed by atoms with E-state index in [-0.39, 0.29) is 0 Å². The van der Waals surface area contributed by atoms with E-state index in [0.717, 1.165) is 61.5 Å². The van der Waals surface area contributed by atoms with Crippen molar-refractivity contribution in [2.45, 2.75) is 39.7 Å². The number of aryl methyl sites for hydroxylation is 2. The molecule has 1 unspecified atom stereocenters. The fraction of sp³-hybridized carbons (Fsp3) is 0.526. The molecule has 6 nitrogen and oxygen atoms in total. The molecule has 0 spiro atoms. The van der Waals surface area contributed by atoms with Crippen LogP contribution in [0.4, 0.5) is 5.82 Å². The Hall–Kier alpha value is -1.86. The van der Waals surface area contributed by atoms with Crippen LogP contribution in [0.15, 0.2) is 23.3 Å². The van der Waals surface area contributed by atoms with Gasteiger partial charge in [-0.25, -0.2) is 9.97 Å². The van der Waals surface area contributed by atoms with Gasteiger partial charge in [0.05, 0.1) is 15.7 Å². The lowest BCUT2D eigenvalue weighted by Crippen LogP contribution is -2.44. The number of hydrogen-bond donors (Lipinski definition) is 2. The average Bonchev–Trinajstić information content (AvgIpc) is 3.22. The summed E-state index contributed by atoms with van der Waals surface area (Å²) in [5.74, 6) is 1.73.